The van der Waals surface area contributed by atoms with Gasteiger partial charge in [0.15, 0.2) is 11.6 Å². The largest absolute Gasteiger partial charge is 0.356 e. The molecule has 0 saturated carbocycles. The number of aryl methyl sites for hydroxylation is 4. The zero-order valence-corrected chi connectivity index (χ0v) is 82.4. The van der Waals surface area contributed by atoms with Gasteiger partial charge in [0.05, 0.1) is 101 Å². The van der Waals surface area contributed by atoms with Crippen LogP contribution in [0.2, 0.25) is 5.02 Å². The van der Waals surface area contributed by atoms with Crippen molar-refractivity contribution >= 4 is 101 Å². The summed E-state index contributed by atoms with van der Waals surface area (Å²) in [5.41, 5.74) is 7.05. The number of halogens is 6. The van der Waals surface area contributed by atoms with Crippen molar-refractivity contribution in [2.75, 3.05) is 124 Å². The van der Waals surface area contributed by atoms with Crippen molar-refractivity contribution in [2.24, 2.45) is 49.9 Å². The molecular weight excluding hydrogens is 1900 g/mol. The molecule has 8 aromatic heterocycles. The Hall–Kier alpha value is -15.9. The van der Waals surface area contributed by atoms with Gasteiger partial charge in [-0.05, 0) is 229 Å². The molecule has 4 N–H and O–H groups in total. The van der Waals surface area contributed by atoms with Gasteiger partial charge in [0, 0.05) is 157 Å². The van der Waals surface area contributed by atoms with Crippen LogP contribution in [0.4, 0.5) is 68.0 Å². The van der Waals surface area contributed by atoms with Crippen molar-refractivity contribution in [3.8, 4) is 68.3 Å². The Labute approximate surface area is 846 Å². The smallest absolute Gasteiger partial charge is 0.296 e. The van der Waals surface area contributed by atoms with Crippen molar-refractivity contribution in [1.82, 2.24) is 98.6 Å². The number of benzene rings is 8. The van der Waals surface area contributed by atoms with E-state index in [1.165, 1.54) is 81.1 Å². The summed E-state index contributed by atoms with van der Waals surface area (Å²) in [6.45, 7) is 44.7. The lowest BCUT2D eigenvalue weighted by Gasteiger charge is -2.40. The summed E-state index contributed by atoms with van der Waals surface area (Å²) in [7, 11) is 7.38. The van der Waals surface area contributed by atoms with Crippen molar-refractivity contribution in [1.29, 1.82) is 0 Å². The van der Waals surface area contributed by atoms with Crippen LogP contribution in [0, 0.1) is 84.0 Å². The molecule has 32 nitrogen and oxygen atoms in total. The molecule has 8 aliphatic heterocycles. The van der Waals surface area contributed by atoms with E-state index in [0.29, 0.717) is 103 Å². The number of anilines is 4. The molecular formula is C109H104ClF5N28O4. The molecule has 746 valence electrons. The SMILES string of the molecule is [C-]#[N+]c1ccc(-c2nc(N3CCC4(CCNC4)CC3)c(C)c(=O)n2-c2ccc3c(cnn3C)c2)cc1F.[C-]#[N+]c1ccc(-c2nc(N3CCC4(CCNC4)CC3)c(Cl)c(=O)n2-c2ccc3c(cnn3C)c2)cc1F.[C-]#[N+]c1ccc(-c2nc(N3CCC4(CCNC4)CC3)c(F)c(=O)n2-c2ccc3c(cnn3C)c2)cc1F.[C-]#[N+]c1ccc(-c2nc(N3CCC4(CCNC4)CC3)cc(=O)n2-c2ccc3c(cnn3C)c2)cc1F. The summed E-state index contributed by atoms with van der Waals surface area (Å²) in [5.74, 6) is -0.870. The van der Waals surface area contributed by atoms with Gasteiger partial charge >= 0.3 is 0 Å². The quantitative estimate of drug-likeness (QED) is 0.0653. The van der Waals surface area contributed by atoms with Crippen LogP contribution in [-0.4, -0.2) is 182 Å². The first kappa shape index (κ1) is 97.2. The molecule has 8 fully saturated rings. The Kier molecular flexibility index (Phi) is 26.2. The molecule has 0 atom stereocenters. The second kappa shape index (κ2) is 39.6. The minimum absolute atomic E-state index is 0.0193. The van der Waals surface area contributed by atoms with E-state index in [1.54, 1.807) is 96.6 Å². The van der Waals surface area contributed by atoms with E-state index in [0.717, 1.165) is 199 Å². The van der Waals surface area contributed by atoms with Crippen LogP contribution < -0.4 is 63.1 Å². The molecule has 16 heterocycles. The zero-order chi connectivity index (χ0) is 102. The number of nitrogens with zero attached hydrogens (tertiary/aromatic N) is 24. The Morgan fingerprint density at radius 1 is 0.327 bits per heavy atom. The Balaban J connectivity index is 0.000000115. The van der Waals surface area contributed by atoms with Crippen molar-refractivity contribution < 1.29 is 22.0 Å². The molecule has 0 amide bonds. The molecule has 8 saturated heterocycles. The topological polar surface area (TPSA) is 289 Å². The summed E-state index contributed by atoms with van der Waals surface area (Å²) < 4.78 is 87.1. The normalized spacial score (nSPS) is 17.0. The van der Waals surface area contributed by atoms with Gasteiger partial charge in [0.25, 0.3) is 22.2 Å². The Bertz CT molecular complexity index is 7780. The fraction of sp³-hybridized carbons (Fsp3) is 0.339. The second-order valence-electron chi connectivity index (χ2n) is 39.9. The van der Waals surface area contributed by atoms with Crippen molar-refractivity contribution in [2.45, 2.75) is 84.0 Å². The number of fused-ring (bicyclic) bond motifs is 4. The number of rotatable bonds is 12. The number of aromatic nitrogens is 16. The first-order valence-corrected chi connectivity index (χ1v) is 49.7. The molecule has 24 rings (SSSR count). The van der Waals surface area contributed by atoms with Gasteiger partial charge in [0.2, 0.25) is 28.6 Å². The predicted octanol–water partition coefficient (Wildman–Crippen LogP) is 17.3. The van der Waals surface area contributed by atoms with Crippen LogP contribution in [0.15, 0.2) is 196 Å². The predicted molar refractivity (Wildman–Crippen MR) is 558 cm³/mol. The molecule has 38 heteroatoms. The van der Waals surface area contributed by atoms with Crippen LogP contribution in [0.3, 0.4) is 0 Å². The lowest BCUT2D eigenvalue weighted by atomic mass is 9.78. The van der Waals surface area contributed by atoms with Gasteiger partial charge in [0.1, 0.15) is 63.2 Å². The summed E-state index contributed by atoms with van der Waals surface area (Å²) in [4.78, 5) is 95.5. The maximum atomic E-state index is 15.7. The molecule has 8 aromatic carbocycles. The molecule has 0 radical (unpaired) electrons. The number of hydrogen-bond donors (Lipinski definition) is 4. The van der Waals surface area contributed by atoms with E-state index in [-0.39, 0.29) is 67.3 Å². The van der Waals surface area contributed by atoms with E-state index in [1.807, 2.05) is 88.5 Å². The molecule has 147 heavy (non-hydrogen) atoms. The van der Waals surface area contributed by atoms with Crippen LogP contribution in [0.5, 0.6) is 0 Å². The average molecular weight is 2000 g/mol. The number of hydrogen-bond acceptors (Lipinski definition) is 20. The van der Waals surface area contributed by atoms with Crippen molar-refractivity contribution in [3.63, 3.8) is 0 Å². The van der Waals surface area contributed by atoms with Gasteiger partial charge < -0.3 is 40.9 Å². The third-order valence-electron chi connectivity index (χ3n) is 31.3. The molecule has 4 spiro atoms. The minimum atomic E-state index is -0.936. The maximum absolute atomic E-state index is 15.7. The van der Waals surface area contributed by atoms with E-state index < -0.39 is 40.2 Å². The number of nitrogens with one attached hydrogen (secondary N) is 4. The highest BCUT2D eigenvalue weighted by Gasteiger charge is 2.43. The van der Waals surface area contributed by atoms with E-state index in [2.05, 4.69) is 80.7 Å². The molecule has 8 aliphatic rings. The van der Waals surface area contributed by atoms with Crippen LogP contribution in [0.1, 0.15) is 82.6 Å². The van der Waals surface area contributed by atoms with E-state index in [4.69, 9.17) is 52.8 Å². The maximum Gasteiger partial charge on any atom is 0.296 e. The Morgan fingerprint density at radius 2 is 0.612 bits per heavy atom. The lowest BCUT2D eigenvalue weighted by molar-refractivity contribution is 0.246. The monoisotopic (exact) mass is 2000 g/mol. The van der Waals surface area contributed by atoms with Gasteiger partial charge in [-0.1, -0.05) is 60.1 Å². The fourth-order valence-corrected chi connectivity index (χ4v) is 22.7. The van der Waals surface area contributed by atoms with Crippen LogP contribution in [0.25, 0.3) is 131 Å². The van der Waals surface area contributed by atoms with Gasteiger partial charge in [-0.25, -0.2) is 56.9 Å². The summed E-state index contributed by atoms with van der Waals surface area (Å²) >= 11 is 6.71. The van der Waals surface area contributed by atoms with Crippen LogP contribution >= 0.6 is 11.6 Å². The second-order valence-corrected chi connectivity index (χ2v) is 40.3. The highest BCUT2D eigenvalue weighted by molar-refractivity contribution is 6.32. The number of piperidine rings is 4. The zero-order valence-electron chi connectivity index (χ0n) is 81.7. The highest BCUT2D eigenvalue weighted by Crippen LogP contribution is 2.46. The Morgan fingerprint density at radius 3 is 0.932 bits per heavy atom. The van der Waals surface area contributed by atoms with Gasteiger partial charge in [-0.15, -0.1) is 0 Å². The summed E-state index contributed by atoms with van der Waals surface area (Å²) in [5, 5.41) is 34.4. The van der Waals surface area contributed by atoms with Crippen LogP contribution in [-0.2, 0) is 28.2 Å². The summed E-state index contributed by atoms with van der Waals surface area (Å²) in [6, 6.07) is 40.7. The standard InChI is InChI=1S/C28H28FN7O.C27H25ClFN7O.C27H25F2N7O.C27H26FN7O/c1-18-25(35-12-9-28(10-13-35)8-11-31-17-28)33-26(19-4-6-23(30-2)22(29)15-19)36(27(18)37)21-5-7-24-20(14-21)16-32-34(24)3;1-30-21-5-3-17(14-20(21)29)24-33-25(35-11-8-27(9-12-35)7-10-31-16-27)23(28)26(37)36(24)19-4-6-22-18(13-19)15-32-34(22)2;1-30-21-5-3-17(14-20(21)28)24-33-25(35-11-8-27(9-12-35)7-10-31-16-27)23(29)26(37)36(24)19-4-6-22-18(13-19)15-32-34(22)2;1-29-22-5-3-18(14-21(22)28)26-32-24(34-11-8-27(9-12-34)7-10-30-17-27)15-25(36)35(26)20-4-6-23-19(13-20)16-31-33(23)2/h4-7,14-16,31H,8-13,17H2,1,3H3;2*3-6,13-15,31H,7-12,16H2,2H3;3-6,13-16,30H,7-12,17H2,2H3. The first-order valence-electron chi connectivity index (χ1n) is 49.3. The van der Waals surface area contributed by atoms with Gasteiger partial charge in [-0.3, -0.25) is 56.2 Å². The minimum Gasteiger partial charge on any atom is -0.356 e. The van der Waals surface area contributed by atoms with Crippen molar-refractivity contribution in [3.05, 3.63) is 303 Å². The molecule has 0 unspecified atom stereocenters. The highest BCUT2D eigenvalue weighted by atomic mass is 35.5. The average Bonchev–Trinajstić information content (AvgIpc) is 1.72. The lowest BCUT2D eigenvalue weighted by Crippen LogP contribution is -2.43. The molecule has 0 aliphatic carbocycles. The first-order chi connectivity index (χ1) is 71.1. The van der Waals surface area contributed by atoms with E-state index in [9.17, 15) is 36.7 Å². The molecule has 16 aromatic rings. The van der Waals surface area contributed by atoms with E-state index >= 15 is 4.39 Å². The molecule has 0 bridgehead atoms. The fourth-order valence-electron chi connectivity index (χ4n) is 22.5. The summed E-state index contributed by atoms with van der Waals surface area (Å²) in [6.07, 6.45) is 19.4. The third kappa shape index (κ3) is 18.5. The third-order valence-corrected chi connectivity index (χ3v) is 31.6. The van der Waals surface area contributed by atoms with Gasteiger partial charge in [-0.2, -0.15) is 24.8 Å².